The van der Waals surface area contributed by atoms with Gasteiger partial charge in [0.25, 0.3) is 0 Å². The third-order valence-corrected chi connectivity index (χ3v) is 2.95. The van der Waals surface area contributed by atoms with Crippen molar-refractivity contribution in [1.29, 1.82) is 0 Å². The third-order valence-electron chi connectivity index (χ3n) is 2.95. The molecule has 4 heteroatoms. The Bertz CT molecular complexity index is 818. The standard InChI is InChI=1S/C16H12N4/c1-2-11-4-3-5-13(8-11)20-16-14-9-12(17)6-7-15(14)18-10-19-16/h1,3-10H,17H2,(H,18,19,20). The van der Waals surface area contributed by atoms with E-state index in [9.17, 15) is 0 Å². The Labute approximate surface area is 116 Å². The minimum Gasteiger partial charge on any atom is -0.399 e. The number of rotatable bonds is 2. The van der Waals surface area contributed by atoms with Crippen molar-refractivity contribution >= 4 is 28.1 Å². The number of nitrogen functional groups attached to an aromatic ring is 1. The molecule has 1 heterocycles. The van der Waals surface area contributed by atoms with Crippen LogP contribution < -0.4 is 11.1 Å². The summed E-state index contributed by atoms with van der Waals surface area (Å²) in [6.07, 6.45) is 6.92. The van der Waals surface area contributed by atoms with Gasteiger partial charge in [0.2, 0.25) is 0 Å². The largest absolute Gasteiger partial charge is 0.399 e. The van der Waals surface area contributed by atoms with Crippen molar-refractivity contribution in [2.24, 2.45) is 0 Å². The molecule has 0 aliphatic heterocycles. The summed E-state index contributed by atoms with van der Waals surface area (Å²) in [5, 5.41) is 4.12. The van der Waals surface area contributed by atoms with Gasteiger partial charge in [-0.1, -0.05) is 12.0 Å². The van der Waals surface area contributed by atoms with Gasteiger partial charge in [0.1, 0.15) is 12.1 Å². The molecule has 0 bridgehead atoms. The molecule has 0 unspecified atom stereocenters. The van der Waals surface area contributed by atoms with Gasteiger partial charge in [-0.05, 0) is 36.4 Å². The fourth-order valence-corrected chi connectivity index (χ4v) is 2.00. The number of terminal acetylenes is 1. The first-order valence-electron chi connectivity index (χ1n) is 6.10. The first kappa shape index (κ1) is 12.0. The third kappa shape index (κ3) is 2.25. The Hall–Kier alpha value is -3.06. The quantitative estimate of drug-likeness (QED) is 0.549. The van der Waals surface area contributed by atoms with Crippen LogP contribution in [0.25, 0.3) is 10.9 Å². The highest BCUT2D eigenvalue weighted by Crippen LogP contribution is 2.24. The fraction of sp³-hybridized carbons (Fsp3) is 0. The summed E-state index contributed by atoms with van der Waals surface area (Å²) in [5.41, 5.74) is 9.02. The Morgan fingerprint density at radius 1 is 1.10 bits per heavy atom. The maximum Gasteiger partial charge on any atom is 0.141 e. The topological polar surface area (TPSA) is 63.8 Å². The monoisotopic (exact) mass is 260 g/mol. The average molecular weight is 260 g/mol. The maximum absolute atomic E-state index is 5.82. The van der Waals surface area contributed by atoms with E-state index in [2.05, 4.69) is 21.2 Å². The number of aromatic nitrogens is 2. The summed E-state index contributed by atoms with van der Waals surface area (Å²) in [7, 11) is 0. The lowest BCUT2D eigenvalue weighted by Crippen LogP contribution is -1.97. The van der Waals surface area contributed by atoms with E-state index in [1.54, 1.807) is 0 Å². The summed E-state index contributed by atoms with van der Waals surface area (Å²) in [6, 6.07) is 13.1. The lowest BCUT2D eigenvalue weighted by molar-refractivity contribution is 1.22. The van der Waals surface area contributed by atoms with Crippen LogP contribution in [0.4, 0.5) is 17.2 Å². The van der Waals surface area contributed by atoms with Crippen LogP contribution in [-0.4, -0.2) is 9.97 Å². The van der Waals surface area contributed by atoms with Crippen molar-refractivity contribution in [2.75, 3.05) is 11.1 Å². The van der Waals surface area contributed by atoms with Crippen LogP contribution in [0.1, 0.15) is 5.56 Å². The number of hydrogen-bond acceptors (Lipinski definition) is 4. The van der Waals surface area contributed by atoms with Crippen LogP contribution >= 0.6 is 0 Å². The molecule has 20 heavy (non-hydrogen) atoms. The molecular formula is C16H12N4. The number of hydrogen-bond donors (Lipinski definition) is 2. The van der Waals surface area contributed by atoms with Crippen LogP contribution in [0.2, 0.25) is 0 Å². The van der Waals surface area contributed by atoms with E-state index in [1.807, 2.05) is 42.5 Å². The highest BCUT2D eigenvalue weighted by atomic mass is 15.0. The van der Waals surface area contributed by atoms with Crippen LogP contribution in [0, 0.1) is 12.3 Å². The van der Waals surface area contributed by atoms with Gasteiger partial charge in [-0.3, -0.25) is 0 Å². The number of nitrogens with one attached hydrogen (secondary N) is 1. The molecule has 2 aromatic carbocycles. The van der Waals surface area contributed by atoms with Gasteiger partial charge in [0.05, 0.1) is 5.52 Å². The van der Waals surface area contributed by atoms with E-state index in [0.29, 0.717) is 11.5 Å². The van der Waals surface area contributed by atoms with Gasteiger partial charge >= 0.3 is 0 Å². The second-order valence-electron chi connectivity index (χ2n) is 4.35. The van der Waals surface area contributed by atoms with Crippen LogP contribution in [0.5, 0.6) is 0 Å². The molecule has 3 rings (SSSR count). The minimum atomic E-state index is 0.674. The number of nitrogens with two attached hydrogens (primary N) is 1. The summed E-state index contributed by atoms with van der Waals surface area (Å²) >= 11 is 0. The van der Waals surface area contributed by atoms with Crippen molar-refractivity contribution in [3.63, 3.8) is 0 Å². The van der Waals surface area contributed by atoms with E-state index >= 15 is 0 Å². The summed E-state index contributed by atoms with van der Waals surface area (Å²) in [5.74, 6) is 3.31. The molecule has 0 saturated heterocycles. The zero-order chi connectivity index (χ0) is 13.9. The van der Waals surface area contributed by atoms with Gasteiger partial charge < -0.3 is 11.1 Å². The van der Waals surface area contributed by atoms with Crippen LogP contribution in [-0.2, 0) is 0 Å². The molecule has 1 aromatic heterocycles. The van der Waals surface area contributed by atoms with Gasteiger partial charge in [0.15, 0.2) is 0 Å². The molecule has 0 spiro atoms. The van der Waals surface area contributed by atoms with Crippen molar-refractivity contribution in [3.05, 3.63) is 54.4 Å². The van der Waals surface area contributed by atoms with Crippen molar-refractivity contribution in [3.8, 4) is 12.3 Å². The van der Waals surface area contributed by atoms with Gasteiger partial charge in [-0.2, -0.15) is 0 Å². The molecule has 0 atom stereocenters. The summed E-state index contributed by atoms with van der Waals surface area (Å²) in [4.78, 5) is 8.49. The number of benzene rings is 2. The molecule has 96 valence electrons. The molecule has 0 radical (unpaired) electrons. The predicted octanol–water partition coefficient (Wildman–Crippen LogP) is 2.94. The van der Waals surface area contributed by atoms with Gasteiger partial charge in [-0.25, -0.2) is 9.97 Å². The number of nitrogens with zero attached hydrogens (tertiary/aromatic N) is 2. The van der Waals surface area contributed by atoms with Crippen molar-refractivity contribution in [2.45, 2.75) is 0 Å². The first-order chi connectivity index (χ1) is 9.76. The summed E-state index contributed by atoms with van der Waals surface area (Å²) in [6.45, 7) is 0. The van der Waals surface area contributed by atoms with Crippen molar-refractivity contribution < 1.29 is 0 Å². The molecule has 4 nitrogen and oxygen atoms in total. The van der Waals surface area contributed by atoms with E-state index in [4.69, 9.17) is 12.2 Å². The minimum absolute atomic E-state index is 0.674. The number of anilines is 3. The lowest BCUT2D eigenvalue weighted by Gasteiger charge is -2.09. The average Bonchev–Trinajstić information content (AvgIpc) is 2.48. The van der Waals surface area contributed by atoms with E-state index in [-0.39, 0.29) is 0 Å². The van der Waals surface area contributed by atoms with Crippen LogP contribution in [0.3, 0.4) is 0 Å². The normalized spacial score (nSPS) is 10.2. The van der Waals surface area contributed by atoms with Crippen molar-refractivity contribution in [1.82, 2.24) is 9.97 Å². The van der Waals surface area contributed by atoms with Crippen LogP contribution in [0.15, 0.2) is 48.8 Å². The molecular weight excluding hydrogens is 248 g/mol. The second kappa shape index (κ2) is 4.90. The van der Waals surface area contributed by atoms with Gasteiger partial charge in [-0.15, -0.1) is 6.42 Å². The van der Waals surface area contributed by atoms with Gasteiger partial charge in [0, 0.05) is 22.3 Å². The molecule has 0 fully saturated rings. The Morgan fingerprint density at radius 2 is 2.00 bits per heavy atom. The molecule has 3 aromatic rings. The van der Waals surface area contributed by atoms with E-state index < -0.39 is 0 Å². The maximum atomic E-state index is 5.82. The second-order valence-corrected chi connectivity index (χ2v) is 4.35. The fourth-order valence-electron chi connectivity index (χ4n) is 2.00. The highest BCUT2D eigenvalue weighted by Gasteiger charge is 2.04. The smallest absolute Gasteiger partial charge is 0.141 e. The van der Waals surface area contributed by atoms with E-state index in [0.717, 1.165) is 22.2 Å². The molecule has 0 amide bonds. The van der Waals surface area contributed by atoms with E-state index in [1.165, 1.54) is 6.33 Å². The Balaban J connectivity index is 2.06. The Kier molecular flexibility index (Phi) is 2.94. The number of fused-ring (bicyclic) bond motifs is 1. The molecule has 3 N–H and O–H groups in total. The highest BCUT2D eigenvalue weighted by molar-refractivity contribution is 5.92. The zero-order valence-electron chi connectivity index (χ0n) is 10.7. The Morgan fingerprint density at radius 3 is 2.85 bits per heavy atom. The predicted molar refractivity (Wildman–Crippen MR) is 81.6 cm³/mol. The molecule has 0 aliphatic rings. The molecule has 0 aliphatic carbocycles. The zero-order valence-corrected chi connectivity index (χ0v) is 10.7. The SMILES string of the molecule is C#Cc1cccc(Nc2ncnc3ccc(N)cc23)c1. The summed E-state index contributed by atoms with van der Waals surface area (Å²) < 4.78 is 0. The molecule has 0 saturated carbocycles. The first-order valence-corrected chi connectivity index (χ1v) is 6.10. The lowest BCUT2D eigenvalue weighted by atomic mass is 10.2.